The monoisotopic (exact) mass is 222 g/mol. The van der Waals surface area contributed by atoms with Crippen LogP contribution in [0.15, 0.2) is 12.4 Å². The highest BCUT2D eigenvalue weighted by Crippen LogP contribution is 2.18. The molecule has 1 atom stereocenters. The molecular weight excluding hydrogens is 204 g/mol. The van der Waals surface area contributed by atoms with Gasteiger partial charge in [0.2, 0.25) is 0 Å². The van der Waals surface area contributed by atoms with Crippen LogP contribution in [0, 0.1) is 0 Å². The number of hydrogen-bond donors (Lipinski definition) is 1. The Hall–Kier alpha value is -1.36. The molecule has 1 saturated heterocycles. The predicted octanol–water partition coefficient (Wildman–Crippen LogP) is 1.13. The lowest BCUT2D eigenvalue weighted by atomic mass is 10.2. The molecule has 2 heterocycles. The van der Waals surface area contributed by atoms with Gasteiger partial charge in [0.15, 0.2) is 0 Å². The maximum Gasteiger partial charge on any atom is 0.149 e. The molecule has 0 aliphatic carbocycles. The van der Waals surface area contributed by atoms with E-state index in [0.717, 1.165) is 37.8 Å². The van der Waals surface area contributed by atoms with E-state index in [9.17, 15) is 0 Å². The first-order valence-electron chi connectivity index (χ1n) is 5.67. The van der Waals surface area contributed by atoms with Crippen LogP contribution in [0.25, 0.3) is 0 Å². The van der Waals surface area contributed by atoms with E-state index in [1.54, 1.807) is 12.4 Å². The summed E-state index contributed by atoms with van der Waals surface area (Å²) in [4.78, 5) is 10.8. The smallest absolute Gasteiger partial charge is 0.149 e. The van der Waals surface area contributed by atoms with Gasteiger partial charge in [-0.2, -0.15) is 0 Å². The van der Waals surface area contributed by atoms with Crippen LogP contribution in [0.1, 0.15) is 13.3 Å². The van der Waals surface area contributed by atoms with Crippen molar-refractivity contribution in [1.29, 1.82) is 0 Å². The lowest BCUT2D eigenvalue weighted by molar-refractivity contribution is 0.193. The van der Waals surface area contributed by atoms with Crippen molar-refractivity contribution < 1.29 is 4.74 Å². The van der Waals surface area contributed by atoms with Gasteiger partial charge >= 0.3 is 0 Å². The minimum Gasteiger partial charge on any atom is -0.379 e. The summed E-state index contributed by atoms with van der Waals surface area (Å²) in [5, 5.41) is 3.16. The Bertz CT molecular complexity index is 339. The fourth-order valence-corrected chi connectivity index (χ4v) is 1.81. The van der Waals surface area contributed by atoms with Crippen LogP contribution in [0.3, 0.4) is 0 Å². The Morgan fingerprint density at radius 1 is 1.56 bits per heavy atom. The van der Waals surface area contributed by atoms with Gasteiger partial charge in [0.25, 0.3) is 0 Å². The molecule has 1 aromatic heterocycles. The van der Waals surface area contributed by atoms with E-state index in [-0.39, 0.29) is 0 Å². The zero-order valence-corrected chi connectivity index (χ0v) is 9.81. The van der Waals surface area contributed by atoms with E-state index in [4.69, 9.17) is 4.74 Å². The number of anilines is 2. The molecule has 1 unspecified atom stereocenters. The van der Waals surface area contributed by atoms with Gasteiger partial charge in [-0.3, -0.25) is 4.98 Å². The molecule has 1 N–H and O–H groups in total. The van der Waals surface area contributed by atoms with Gasteiger partial charge in [-0.25, -0.2) is 4.98 Å². The average molecular weight is 222 g/mol. The van der Waals surface area contributed by atoms with Crippen LogP contribution in [0.5, 0.6) is 0 Å². The van der Waals surface area contributed by atoms with Gasteiger partial charge in [0.05, 0.1) is 25.0 Å². The first-order valence-corrected chi connectivity index (χ1v) is 5.67. The van der Waals surface area contributed by atoms with E-state index in [1.165, 1.54) is 0 Å². The molecule has 0 radical (unpaired) electrons. The highest BCUT2D eigenvalue weighted by atomic mass is 16.5. The van der Waals surface area contributed by atoms with Crippen molar-refractivity contribution in [1.82, 2.24) is 9.97 Å². The Morgan fingerprint density at radius 2 is 2.44 bits per heavy atom. The molecule has 1 fully saturated rings. The number of likely N-dealkylation sites (N-methyl/N-ethyl adjacent to an activating group) is 1. The average Bonchev–Trinajstić information content (AvgIpc) is 2.82. The molecule has 5 heteroatoms. The van der Waals surface area contributed by atoms with Crippen molar-refractivity contribution in [3.05, 3.63) is 12.4 Å². The fraction of sp³-hybridized carbons (Fsp3) is 0.636. The van der Waals surface area contributed by atoms with Gasteiger partial charge in [0, 0.05) is 20.2 Å². The molecule has 0 amide bonds. The predicted molar refractivity (Wildman–Crippen MR) is 63.8 cm³/mol. The van der Waals surface area contributed by atoms with Crippen molar-refractivity contribution in [2.75, 3.05) is 37.0 Å². The van der Waals surface area contributed by atoms with Crippen LogP contribution in [0.2, 0.25) is 0 Å². The van der Waals surface area contributed by atoms with E-state index < -0.39 is 0 Å². The molecule has 0 bridgehead atoms. The first-order chi connectivity index (χ1) is 7.81. The Labute approximate surface area is 95.8 Å². The van der Waals surface area contributed by atoms with Crippen molar-refractivity contribution in [3.8, 4) is 0 Å². The molecule has 16 heavy (non-hydrogen) atoms. The highest BCUT2D eigenvalue weighted by Gasteiger charge is 2.21. The minimum absolute atomic E-state index is 0.422. The van der Waals surface area contributed by atoms with Crippen molar-refractivity contribution in [2.45, 2.75) is 19.4 Å². The quantitative estimate of drug-likeness (QED) is 0.827. The van der Waals surface area contributed by atoms with Crippen molar-refractivity contribution in [2.24, 2.45) is 0 Å². The zero-order valence-electron chi connectivity index (χ0n) is 9.81. The van der Waals surface area contributed by atoms with E-state index >= 15 is 0 Å². The topological polar surface area (TPSA) is 50.3 Å². The van der Waals surface area contributed by atoms with Crippen LogP contribution < -0.4 is 10.2 Å². The molecule has 1 aromatic rings. The molecule has 2 rings (SSSR count). The summed E-state index contributed by atoms with van der Waals surface area (Å²) >= 11 is 0. The Morgan fingerprint density at radius 3 is 3.12 bits per heavy atom. The molecule has 1 aliphatic rings. The van der Waals surface area contributed by atoms with Crippen LogP contribution in [0.4, 0.5) is 11.6 Å². The van der Waals surface area contributed by atoms with Gasteiger partial charge in [-0.05, 0) is 13.3 Å². The van der Waals surface area contributed by atoms with Gasteiger partial charge in [-0.15, -0.1) is 0 Å². The maximum atomic E-state index is 5.37. The summed E-state index contributed by atoms with van der Waals surface area (Å²) in [5.41, 5.74) is 0. The first kappa shape index (κ1) is 11.1. The normalized spacial score (nSPS) is 19.8. The van der Waals surface area contributed by atoms with Gasteiger partial charge < -0.3 is 15.0 Å². The second-order valence-corrected chi connectivity index (χ2v) is 3.92. The summed E-state index contributed by atoms with van der Waals surface area (Å²) < 4.78 is 5.37. The Kier molecular flexibility index (Phi) is 3.56. The second-order valence-electron chi connectivity index (χ2n) is 3.92. The van der Waals surface area contributed by atoms with Crippen LogP contribution in [-0.2, 0) is 4.74 Å². The van der Waals surface area contributed by atoms with Gasteiger partial charge in [-0.1, -0.05) is 0 Å². The Balaban J connectivity index is 2.09. The standard InChI is InChI=1S/C11H18N4O/c1-3-13-10-6-12-7-11(14-10)15(2)9-4-5-16-8-9/h6-7,9H,3-5,8H2,1-2H3,(H,13,14). The summed E-state index contributed by atoms with van der Waals surface area (Å²) in [6.45, 7) is 4.52. The molecule has 0 spiro atoms. The SMILES string of the molecule is CCNc1cncc(N(C)C2CCOC2)n1. The zero-order chi connectivity index (χ0) is 11.4. The summed E-state index contributed by atoms with van der Waals surface area (Å²) in [5.74, 6) is 1.72. The molecule has 0 aromatic carbocycles. The molecule has 1 aliphatic heterocycles. The van der Waals surface area contributed by atoms with Crippen molar-refractivity contribution in [3.63, 3.8) is 0 Å². The van der Waals surface area contributed by atoms with E-state index in [0.29, 0.717) is 6.04 Å². The van der Waals surface area contributed by atoms with Gasteiger partial charge in [0.1, 0.15) is 11.6 Å². The van der Waals surface area contributed by atoms with Crippen molar-refractivity contribution >= 4 is 11.6 Å². The lowest BCUT2D eigenvalue weighted by Gasteiger charge is -2.24. The highest BCUT2D eigenvalue weighted by molar-refractivity contribution is 5.44. The molecular formula is C11H18N4O. The molecule has 88 valence electrons. The van der Waals surface area contributed by atoms with E-state index in [1.807, 2.05) is 14.0 Å². The molecule has 5 nitrogen and oxygen atoms in total. The number of hydrogen-bond acceptors (Lipinski definition) is 5. The third kappa shape index (κ3) is 2.41. The molecule has 0 saturated carbocycles. The number of nitrogens with zero attached hydrogens (tertiary/aromatic N) is 3. The number of ether oxygens (including phenoxy) is 1. The second kappa shape index (κ2) is 5.12. The number of rotatable bonds is 4. The summed E-state index contributed by atoms with van der Waals surface area (Å²) in [6, 6.07) is 0.422. The number of aromatic nitrogens is 2. The van der Waals surface area contributed by atoms with E-state index in [2.05, 4.69) is 20.2 Å². The third-order valence-electron chi connectivity index (χ3n) is 2.79. The summed E-state index contributed by atoms with van der Waals surface area (Å²) in [6.07, 6.45) is 4.59. The third-order valence-corrected chi connectivity index (χ3v) is 2.79. The van der Waals surface area contributed by atoms with Crippen LogP contribution >= 0.6 is 0 Å². The lowest BCUT2D eigenvalue weighted by Crippen LogP contribution is -2.32. The van der Waals surface area contributed by atoms with Crippen LogP contribution in [-0.4, -0.2) is 42.8 Å². The minimum atomic E-state index is 0.422. The number of nitrogens with one attached hydrogen (secondary N) is 1. The summed E-state index contributed by atoms with van der Waals surface area (Å²) in [7, 11) is 2.04. The fourth-order valence-electron chi connectivity index (χ4n) is 1.81. The largest absolute Gasteiger partial charge is 0.379 e. The maximum absolute atomic E-state index is 5.37.